The van der Waals surface area contributed by atoms with Crippen LogP contribution >= 0.6 is 0 Å². The zero-order valence-corrected chi connectivity index (χ0v) is 9.72. The molecule has 0 aliphatic carbocycles. The summed E-state index contributed by atoms with van der Waals surface area (Å²) in [5, 5.41) is 10.7. The van der Waals surface area contributed by atoms with Gasteiger partial charge in [-0.25, -0.2) is 4.68 Å². The zero-order chi connectivity index (χ0) is 13.5. The Hall–Kier alpha value is -1.96. The molecule has 1 N–H and O–H groups in total. The number of alkyl halides is 3. The molecule has 1 aliphatic rings. The van der Waals surface area contributed by atoms with Gasteiger partial charge in [-0.05, 0) is 12.1 Å². The fraction of sp³-hybridized carbons (Fsp3) is 0.364. The Morgan fingerprint density at radius 1 is 1.32 bits per heavy atom. The maximum absolute atomic E-state index is 12.7. The Kier molecular flexibility index (Phi) is 2.74. The van der Waals surface area contributed by atoms with Crippen LogP contribution in [0.4, 0.5) is 13.2 Å². The minimum Gasteiger partial charge on any atom is -0.312 e. The Balaban J connectivity index is 2.00. The molecule has 3 heterocycles. The Labute approximate surface area is 106 Å². The summed E-state index contributed by atoms with van der Waals surface area (Å²) in [6.45, 7) is 1.46. The number of halogens is 3. The fourth-order valence-corrected chi connectivity index (χ4v) is 1.89. The maximum Gasteiger partial charge on any atom is 0.416 e. The number of hydrogen-bond donors (Lipinski definition) is 1. The number of hydrogen-bond acceptors (Lipinski definition) is 4. The molecule has 0 atom stereocenters. The summed E-state index contributed by atoms with van der Waals surface area (Å²) < 4.78 is 39.6. The van der Waals surface area contributed by atoms with E-state index in [2.05, 4.69) is 20.6 Å². The van der Waals surface area contributed by atoms with Crippen LogP contribution in [0.2, 0.25) is 0 Å². The van der Waals surface area contributed by atoms with Gasteiger partial charge >= 0.3 is 6.18 Å². The van der Waals surface area contributed by atoms with Gasteiger partial charge in [0, 0.05) is 19.3 Å². The minimum atomic E-state index is -4.38. The van der Waals surface area contributed by atoms with Gasteiger partial charge in [0.1, 0.15) is 5.69 Å². The average Bonchev–Trinajstić information content (AvgIpc) is 2.75. The van der Waals surface area contributed by atoms with E-state index in [4.69, 9.17) is 0 Å². The van der Waals surface area contributed by atoms with E-state index >= 15 is 0 Å². The van der Waals surface area contributed by atoms with Crippen molar-refractivity contribution in [2.75, 3.05) is 13.1 Å². The third-order valence-electron chi connectivity index (χ3n) is 3.03. The molecule has 5 nitrogen and oxygen atoms in total. The third-order valence-corrected chi connectivity index (χ3v) is 3.03. The SMILES string of the molecule is FC(F)(F)c1ccnc(-c2cnnn2C2CNC2)c1. The van der Waals surface area contributed by atoms with Crippen molar-refractivity contribution in [1.82, 2.24) is 25.3 Å². The first kappa shape index (κ1) is 12.1. The molecule has 3 rings (SSSR count). The fourth-order valence-electron chi connectivity index (χ4n) is 1.89. The van der Waals surface area contributed by atoms with Crippen LogP contribution in [-0.2, 0) is 6.18 Å². The molecule has 100 valence electrons. The van der Waals surface area contributed by atoms with E-state index in [0.29, 0.717) is 5.69 Å². The first-order valence-electron chi connectivity index (χ1n) is 5.70. The molecule has 1 aliphatic heterocycles. The molecule has 0 saturated carbocycles. The number of pyridine rings is 1. The van der Waals surface area contributed by atoms with Gasteiger partial charge in [0.2, 0.25) is 0 Å². The highest BCUT2D eigenvalue weighted by atomic mass is 19.4. The Morgan fingerprint density at radius 3 is 2.74 bits per heavy atom. The summed E-state index contributed by atoms with van der Waals surface area (Å²) >= 11 is 0. The van der Waals surface area contributed by atoms with Gasteiger partial charge in [0.25, 0.3) is 0 Å². The van der Waals surface area contributed by atoms with Crippen molar-refractivity contribution in [2.24, 2.45) is 0 Å². The third kappa shape index (κ3) is 2.19. The summed E-state index contributed by atoms with van der Waals surface area (Å²) in [6, 6.07) is 2.08. The van der Waals surface area contributed by atoms with Crippen molar-refractivity contribution < 1.29 is 13.2 Å². The van der Waals surface area contributed by atoms with E-state index in [1.165, 1.54) is 6.20 Å². The molecule has 0 unspecified atom stereocenters. The molecule has 0 radical (unpaired) electrons. The molecule has 0 spiro atoms. The summed E-state index contributed by atoms with van der Waals surface area (Å²) in [5.41, 5.74) is 0.00121. The number of nitrogens with zero attached hydrogens (tertiary/aromatic N) is 4. The van der Waals surface area contributed by atoms with Crippen molar-refractivity contribution in [3.63, 3.8) is 0 Å². The van der Waals surface area contributed by atoms with Crippen molar-refractivity contribution in [2.45, 2.75) is 12.2 Å². The second kappa shape index (κ2) is 4.30. The largest absolute Gasteiger partial charge is 0.416 e. The summed E-state index contributed by atoms with van der Waals surface area (Å²) in [4.78, 5) is 3.98. The molecule has 19 heavy (non-hydrogen) atoms. The lowest BCUT2D eigenvalue weighted by Gasteiger charge is -2.28. The number of nitrogens with one attached hydrogen (secondary N) is 1. The van der Waals surface area contributed by atoms with Crippen LogP contribution in [-0.4, -0.2) is 33.1 Å². The highest BCUT2D eigenvalue weighted by Crippen LogP contribution is 2.31. The minimum absolute atomic E-state index is 0.119. The molecular weight excluding hydrogens is 259 g/mol. The van der Waals surface area contributed by atoms with Gasteiger partial charge in [-0.2, -0.15) is 13.2 Å². The Morgan fingerprint density at radius 2 is 2.11 bits per heavy atom. The van der Waals surface area contributed by atoms with E-state index in [0.717, 1.165) is 31.4 Å². The lowest BCUT2D eigenvalue weighted by atomic mass is 10.1. The highest BCUT2D eigenvalue weighted by molar-refractivity contribution is 5.54. The van der Waals surface area contributed by atoms with E-state index < -0.39 is 11.7 Å². The second-order valence-electron chi connectivity index (χ2n) is 4.30. The predicted molar refractivity (Wildman–Crippen MR) is 60.2 cm³/mol. The van der Waals surface area contributed by atoms with Crippen molar-refractivity contribution in [1.29, 1.82) is 0 Å². The lowest BCUT2D eigenvalue weighted by molar-refractivity contribution is -0.137. The van der Waals surface area contributed by atoms with E-state index in [9.17, 15) is 13.2 Å². The topological polar surface area (TPSA) is 55.6 Å². The summed E-state index contributed by atoms with van der Waals surface area (Å²) in [5.74, 6) is 0. The quantitative estimate of drug-likeness (QED) is 0.897. The van der Waals surface area contributed by atoms with Crippen molar-refractivity contribution in [3.8, 4) is 11.4 Å². The molecule has 2 aromatic heterocycles. The van der Waals surface area contributed by atoms with Crippen molar-refractivity contribution >= 4 is 0 Å². The first-order chi connectivity index (χ1) is 9.05. The summed E-state index contributed by atoms with van der Waals surface area (Å²) in [6.07, 6.45) is -1.80. The maximum atomic E-state index is 12.7. The molecule has 1 fully saturated rings. The lowest BCUT2D eigenvalue weighted by Crippen LogP contribution is -2.44. The van der Waals surface area contributed by atoms with Gasteiger partial charge in [-0.1, -0.05) is 5.21 Å². The van der Waals surface area contributed by atoms with Crippen LogP contribution in [0.1, 0.15) is 11.6 Å². The van der Waals surface area contributed by atoms with Crippen LogP contribution < -0.4 is 5.32 Å². The molecule has 0 bridgehead atoms. The molecule has 0 amide bonds. The monoisotopic (exact) mass is 269 g/mol. The second-order valence-corrected chi connectivity index (χ2v) is 4.30. The van der Waals surface area contributed by atoms with Crippen LogP contribution in [0.5, 0.6) is 0 Å². The molecule has 2 aromatic rings. The predicted octanol–water partition coefficient (Wildman–Crippen LogP) is 1.50. The molecule has 8 heteroatoms. The van der Waals surface area contributed by atoms with Gasteiger partial charge in [-0.3, -0.25) is 4.98 Å². The zero-order valence-electron chi connectivity index (χ0n) is 9.72. The van der Waals surface area contributed by atoms with Crippen LogP contribution in [0.25, 0.3) is 11.4 Å². The van der Waals surface area contributed by atoms with Gasteiger partial charge in [0.15, 0.2) is 0 Å². The van der Waals surface area contributed by atoms with Crippen LogP contribution in [0.15, 0.2) is 24.5 Å². The van der Waals surface area contributed by atoms with E-state index in [-0.39, 0.29) is 11.7 Å². The summed E-state index contributed by atoms with van der Waals surface area (Å²) in [7, 11) is 0. The molecular formula is C11H10F3N5. The molecule has 1 saturated heterocycles. The average molecular weight is 269 g/mol. The van der Waals surface area contributed by atoms with Gasteiger partial charge < -0.3 is 5.32 Å². The van der Waals surface area contributed by atoms with Gasteiger partial charge in [-0.15, -0.1) is 5.10 Å². The van der Waals surface area contributed by atoms with E-state index in [1.54, 1.807) is 4.68 Å². The number of rotatable bonds is 2. The molecule has 0 aromatic carbocycles. The van der Waals surface area contributed by atoms with Crippen LogP contribution in [0.3, 0.4) is 0 Å². The smallest absolute Gasteiger partial charge is 0.312 e. The van der Waals surface area contributed by atoms with E-state index in [1.807, 2.05) is 0 Å². The Bertz CT molecular complexity index is 588. The van der Waals surface area contributed by atoms with Crippen LogP contribution in [0, 0.1) is 0 Å². The van der Waals surface area contributed by atoms with Gasteiger partial charge in [0.05, 0.1) is 23.5 Å². The van der Waals surface area contributed by atoms with Crippen molar-refractivity contribution in [3.05, 3.63) is 30.1 Å². The first-order valence-corrected chi connectivity index (χ1v) is 5.70. The standard InChI is InChI=1S/C11H10F3N5/c12-11(13,14)7-1-2-16-9(3-7)10-6-17-18-19(10)8-4-15-5-8/h1-3,6,8,15H,4-5H2. The normalized spacial score (nSPS) is 16.4. The highest BCUT2D eigenvalue weighted by Gasteiger charge is 2.31. The number of aromatic nitrogens is 4.